The summed E-state index contributed by atoms with van der Waals surface area (Å²) in [6.45, 7) is 1.96. The second-order valence-corrected chi connectivity index (χ2v) is 4.06. The highest BCUT2D eigenvalue weighted by atomic mass is 15.3. The molecule has 1 unspecified atom stereocenters. The van der Waals surface area contributed by atoms with Crippen molar-refractivity contribution in [2.24, 2.45) is 12.9 Å². The number of H-pyrrole nitrogens is 1. The Kier molecular flexibility index (Phi) is 3.12. The normalized spacial score (nSPS) is 12.9. The molecule has 0 amide bonds. The van der Waals surface area contributed by atoms with Gasteiger partial charge in [-0.15, -0.1) is 0 Å². The van der Waals surface area contributed by atoms with Gasteiger partial charge < -0.3 is 5.73 Å². The molecule has 92 valence electrons. The van der Waals surface area contributed by atoms with Crippen molar-refractivity contribution in [2.75, 3.05) is 5.73 Å². The molecule has 0 spiro atoms. The molecule has 0 aliphatic heterocycles. The van der Waals surface area contributed by atoms with Crippen LogP contribution in [-0.2, 0) is 13.5 Å². The third kappa shape index (κ3) is 2.29. The molecule has 2 heterocycles. The van der Waals surface area contributed by atoms with Gasteiger partial charge in [0, 0.05) is 24.7 Å². The molecule has 0 saturated carbocycles. The maximum atomic E-state index is 5.78. The van der Waals surface area contributed by atoms with E-state index in [1.807, 2.05) is 24.7 Å². The monoisotopic (exact) mass is 235 g/mol. The summed E-state index contributed by atoms with van der Waals surface area (Å²) in [5.74, 6) is 6.09. The highest BCUT2D eigenvalue weighted by Gasteiger charge is 2.17. The van der Waals surface area contributed by atoms with Crippen molar-refractivity contribution in [2.45, 2.75) is 19.4 Å². The lowest BCUT2D eigenvalue weighted by Crippen LogP contribution is -2.30. The van der Waals surface area contributed by atoms with Gasteiger partial charge in [0.15, 0.2) is 0 Å². The molecule has 7 nitrogen and oxygen atoms in total. The molecule has 6 N–H and O–H groups in total. The Morgan fingerprint density at radius 1 is 1.59 bits per heavy atom. The van der Waals surface area contributed by atoms with E-state index in [-0.39, 0.29) is 6.04 Å². The molecule has 7 heteroatoms. The number of nitrogens with two attached hydrogens (primary N) is 2. The van der Waals surface area contributed by atoms with Gasteiger partial charge >= 0.3 is 0 Å². The van der Waals surface area contributed by atoms with Crippen molar-refractivity contribution >= 4 is 5.82 Å². The van der Waals surface area contributed by atoms with Gasteiger partial charge in [-0.1, -0.05) is 0 Å². The van der Waals surface area contributed by atoms with Gasteiger partial charge in [-0.25, -0.2) is 0 Å². The molecule has 17 heavy (non-hydrogen) atoms. The fraction of sp³-hybridized carbons (Fsp3) is 0.400. The van der Waals surface area contributed by atoms with Crippen LogP contribution in [0.5, 0.6) is 0 Å². The van der Waals surface area contributed by atoms with E-state index in [1.54, 1.807) is 6.20 Å². The van der Waals surface area contributed by atoms with E-state index in [9.17, 15) is 0 Å². The predicted molar refractivity (Wildman–Crippen MR) is 64.7 cm³/mol. The molecule has 0 saturated heterocycles. The maximum absolute atomic E-state index is 5.78. The van der Waals surface area contributed by atoms with Crippen LogP contribution in [0.15, 0.2) is 12.3 Å². The molecule has 0 bridgehead atoms. The zero-order chi connectivity index (χ0) is 12.4. The molecular formula is C10H17N7. The number of nitrogens with zero attached hydrogens (tertiary/aromatic N) is 3. The molecule has 2 rings (SSSR count). The summed E-state index contributed by atoms with van der Waals surface area (Å²) >= 11 is 0. The molecular weight excluding hydrogens is 218 g/mol. The van der Waals surface area contributed by atoms with Crippen LogP contribution in [0, 0.1) is 6.92 Å². The van der Waals surface area contributed by atoms with E-state index in [0.717, 1.165) is 17.0 Å². The van der Waals surface area contributed by atoms with Crippen molar-refractivity contribution in [1.82, 2.24) is 25.4 Å². The average Bonchev–Trinajstić information content (AvgIpc) is 2.82. The molecule has 0 aromatic carbocycles. The SMILES string of the molecule is Cc1cc(CC(NN)c2cn[nH]c2N)n(C)n1. The summed E-state index contributed by atoms with van der Waals surface area (Å²) in [5, 5.41) is 10.9. The lowest BCUT2D eigenvalue weighted by Gasteiger charge is -2.14. The molecule has 0 aliphatic carbocycles. The molecule has 2 aromatic heterocycles. The smallest absolute Gasteiger partial charge is 0.123 e. The molecule has 1 atom stereocenters. The number of hydrogen-bond acceptors (Lipinski definition) is 5. The first-order chi connectivity index (χ1) is 8.11. The van der Waals surface area contributed by atoms with Gasteiger partial charge in [-0.3, -0.25) is 21.0 Å². The Labute approximate surface area is 99.2 Å². The number of aromatic nitrogens is 4. The van der Waals surface area contributed by atoms with E-state index in [0.29, 0.717) is 12.2 Å². The van der Waals surface area contributed by atoms with Crippen LogP contribution in [0.1, 0.15) is 23.0 Å². The average molecular weight is 235 g/mol. The van der Waals surface area contributed by atoms with Gasteiger partial charge in [0.1, 0.15) is 5.82 Å². The first kappa shape index (κ1) is 11.6. The fourth-order valence-electron chi connectivity index (χ4n) is 1.91. The van der Waals surface area contributed by atoms with Crippen molar-refractivity contribution in [1.29, 1.82) is 0 Å². The van der Waals surface area contributed by atoms with E-state index in [1.165, 1.54) is 0 Å². The second kappa shape index (κ2) is 4.56. The number of aromatic amines is 1. The third-order valence-electron chi connectivity index (χ3n) is 2.79. The van der Waals surface area contributed by atoms with Crippen LogP contribution in [0.3, 0.4) is 0 Å². The largest absolute Gasteiger partial charge is 0.384 e. The van der Waals surface area contributed by atoms with E-state index in [2.05, 4.69) is 20.7 Å². The van der Waals surface area contributed by atoms with Gasteiger partial charge in [0.2, 0.25) is 0 Å². The maximum Gasteiger partial charge on any atom is 0.123 e. The van der Waals surface area contributed by atoms with Crippen LogP contribution in [0.25, 0.3) is 0 Å². The van der Waals surface area contributed by atoms with Gasteiger partial charge in [0.05, 0.1) is 17.9 Å². The summed E-state index contributed by atoms with van der Waals surface area (Å²) in [5.41, 5.74) is 11.5. The Bertz CT molecular complexity index is 498. The Morgan fingerprint density at radius 3 is 2.82 bits per heavy atom. The molecule has 0 aliphatic rings. The van der Waals surface area contributed by atoms with E-state index >= 15 is 0 Å². The summed E-state index contributed by atoms with van der Waals surface area (Å²) in [6, 6.07) is 1.95. The number of anilines is 1. The van der Waals surface area contributed by atoms with Crippen molar-refractivity contribution in [3.63, 3.8) is 0 Å². The number of rotatable bonds is 4. The van der Waals surface area contributed by atoms with Gasteiger partial charge in [-0.05, 0) is 13.0 Å². The zero-order valence-corrected chi connectivity index (χ0v) is 9.94. The third-order valence-corrected chi connectivity index (χ3v) is 2.79. The van der Waals surface area contributed by atoms with E-state index < -0.39 is 0 Å². The zero-order valence-electron chi connectivity index (χ0n) is 9.94. The van der Waals surface area contributed by atoms with Crippen molar-refractivity contribution in [3.8, 4) is 0 Å². The van der Waals surface area contributed by atoms with Crippen molar-refractivity contribution < 1.29 is 0 Å². The highest BCUT2D eigenvalue weighted by Crippen LogP contribution is 2.21. The number of hydrogen-bond donors (Lipinski definition) is 4. The molecule has 2 aromatic rings. The number of nitrogen functional groups attached to an aromatic ring is 1. The molecule has 0 radical (unpaired) electrons. The van der Waals surface area contributed by atoms with Crippen LogP contribution < -0.4 is 17.0 Å². The minimum Gasteiger partial charge on any atom is -0.384 e. The minimum atomic E-state index is -0.0800. The Balaban J connectivity index is 2.21. The van der Waals surface area contributed by atoms with Crippen molar-refractivity contribution in [3.05, 3.63) is 29.2 Å². The minimum absolute atomic E-state index is 0.0800. The second-order valence-electron chi connectivity index (χ2n) is 4.06. The standard InChI is InChI=1S/C10H17N7/c1-6-3-7(17(2)16-6)4-9(14-12)8-5-13-15-10(8)11/h3,5,9,14H,4,12H2,1-2H3,(H3,11,13,15). The quantitative estimate of drug-likeness (QED) is 0.432. The number of hydrazine groups is 1. The summed E-state index contributed by atoms with van der Waals surface area (Å²) < 4.78 is 1.84. The summed E-state index contributed by atoms with van der Waals surface area (Å²) in [6.07, 6.45) is 2.39. The van der Waals surface area contributed by atoms with Gasteiger partial charge in [0.25, 0.3) is 0 Å². The first-order valence-corrected chi connectivity index (χ1v) is 5.36. The van der Waals surface area contributed by atoms with Gasteiger partial charge in [-0.2, -0.15) is 10.2 Å². The predicted octanol–water partition coefficient (Wildman–Crippen LogP) is -0.219. The fourth-order valence-corrected chi connectivity index (χ4v) is 1.91. The van der Waals surface area contributed by atoms with Crippen LogP contribution >= 0.6 is 0 Å². The Morgan fingerprint density at radius 2 is 2.35 bits per heavy atom. The highest BCUT2D eigenvalue weighted by molar-refractivity contribution is 5.39. The summed E-state index contributed by atoms with van der Waals surface area (Å²) in [7, 11) is 1.91. The lowest BCUT2D eigenvalue weighted by molar-refractivity contribution is 0.531. The molecule has 0 fully saturated rings. The topological polar surface area (TPSA) is 111 Å². The van der Waals surface area contributed by atoms with Crippen LogP contribution in [0.4, 0.5) is 5.82 Å². The summed E-state index contributed by atoms with van der Waals surface area (Å²) in [4.78, 5) is 0. The number of aryl methyl sites for hydroxylation is 2. The lowest BCUT2D eigenvalue weighted by atomic mass is 10.1. The first-order valence-electron chi connectivity index (χ1n) is 5.36. The number of nitrogens with one attached hydrogen (secondary N) is 2. The van der Waals surface area contributed by atoms with Crippen LogP contribution in [0.2, 0.25) is 0 Å². The van der Waals surface area contributed by atoms with Crippen LogP contribution in [-0.4, -0.2) is 20.0 Å². The Hall–Kier alpha value is -1.86. The van der Waals surface area contributed by atoms with E-state index in [4.69, 9.17) is 11.6 Å².